The van der Waals surface area contributed by atoms with Gasteiger partial charge in [-0.05, 0) is 20.4 Å². The zero-order valence-corrected chi connectivity index (χ0v) is 16.8. The molecule has 14 heteroatoms. The van der Waals surface area contributed by atoms with Gasteiger partial charge in [-0.2, -0.15) is 0 Å². The van der Waals surface area contributed by atoms with Gasteiger partial charge in [0.1, 0.15) is 11.5 Å². The third kappa shape index (κ3) is 3.24. The predicted molar refractivity (Wildman–Crippen MR) is 106 cm³/mol. The fourth-order valence-corrected chi connectivity index (χ4v) is 3.16. The first-order valence-electron chi connectivity index (χ1n) is 9.71. The number of rotatable bonds is 9. The first-order valence-corrected chi connectivity index (χ1v) is 9.71. The minimum absolute atomic E-state index is 0.0911. The fraction of sp³-hybridized carbons (Fsp3) is 0.562. The summed E-state index contributed by atoms with van der Waals surface area (Å²) in [5.74, 6) is 1.91. The van der Waals surface area contributed by atoms with Crippen LogP contribution in [-0.4, -0.2) is 72.1 Å². The van der Waals surface area contributed by atoms with Gasteiger partial charge in [-0.15, -0.1) is 24.7 Å². The maximum Gasteiger partial charge on any atom is 0.261 e. The minimum atomic E-state index is -1.45. The molecule has 3 aromatic heterocycles. The lowest BCUT2D eigenvalue weighted by atomic mass is 10.1. The van der Waals surface area contributed by atoms with Crippen LogP contribution in [0.5, 0.6) is 5.88 Å². The highest BCUT2D eigenvalue weighted by Gasteiger charge is 2.47. The van der Waals surface area contributed by atoms with Crippen LogP contribution in [0.15, 0.2) is 5.10 Å². The number of H-pyrrole nitrogens is 1. The lowest BCUT2D eigenvalue weighted by Crippen LogP contribution is -2.51. The van der Waals surface area contributed by atoms with Crippen LogP contribution in [0, 0.1) is 0 Å². The van der Waals surface area contributed by atoms with Gasteiger partial charge in [0.2, 0.25) is 17.1 Å². The normalized spacial score (nSPS) is 18.0. The first-order chi connectivity index (χ1) is 14.5. The molecule has 1 atom stereocenters. The number of nitrogens with two attached hydrogens (primary N) is 2. The predicted octanol–water partition coefficient (Wildman–Crippen LogP) is -1.48. The third-order valence-electron chi connectivity index (χ3n) is 4.42. The molecule has 1 aliphatic heterocycles. The highest BCUT2D eigenvalue weighted by Crippen LogP contribution is 2.34. The Bertz CT molecular complexity index is 1070. The number of hydrogen-bond acceptors (Lipinski definition) is 11. The Labute approximate surface area is 171 Å². The van der Waals surface area contributed by atoms with Crippen LogP contribution in [0.3, 0.4) is 0 Å². The maximum absolute atomic E-state index is 9.20. The van der Waals surface area contributed by atoms with Gasteiger partial charge in [-0.25, -0.2) is 9.97 Å². The largest absolute Gasteiger partial charge is 0.477 e. The third-order valence-corrected chi connectivity index (χ3v) is 4.42. The number of aromatic nitrogens is 7. The summed E-state index contributed by atoms with van der Waals surface area (Å²) in [4.78, 5) is 10.3. The average molecular weight is 419 g/mol. The molecular weight excluding hydrogens is 394 g/mol. The topological polar surface area (TPSA) is 192 Å². The number of aliphatic hydroxyl groups excluding tert-OH is 1. The number of fused-ring (bicyclic) bond motifs is 2. The van der Waals surface area contributed by atoms with Gasteiger partial charge in [0.15, 0.2) is 5.82 Å². The Hall–Kier alpha value is -3.23. The van der Waals surface area contributed by atoms with Crippen LogP contribution < -0.4 is 21.5 Å². The van der Waals surface area contributed by atoms with Crippen molar-refractivity contribution in [2.75, 3.05) is 31.7 Å². The van der Waals surface area contributed by atoms with E-state index in [1.54, 1.807) is 0 Å². The van der Waals surface area contributed by atoms with E-state index in [4.69, 9.17) is 20.9 Å². The van der Waals surface area contributed by atoms with Crippen molar-refractivity contribution in [1.29, 1.82) is 0 Å². The van der Waals surface area contributed by atoms with E-state index in [-0.39, 0.29) is 18.9 Å². The average Bonchev–Trinajstić information content (AvgIpc) is 3.41. The van der Waals surface area contributed by atoms with Crippen LogP contribution in [0.25, 0.3) is 5.65 Å². The quantitative estimate of drug-likeness (QED) is 0.255. The smallest absolute Gasteiger partial charge is 0.261 e. The molecule has 1 aliphatic rings. The number of nitrogens with zero attached hydrogens (tertiary/aromatic N) is 7. The van der Waals surface area contributed by atoms with Crippen molar-refractivity contribution >= 4 is 17.2 Å². The second-order valence-corrected chi connectivity index (χ2v) is 6.54. The van der Waals surface area contributed by atoms with Crippen molar-refractivity contribution in [3.8, 4) is 5.88 Å². The van der Waals surface area contributed by atoms with Crippen LogP contribution in [-0.2, 0) is 23.2 Å². The molecule has 1 unspecified atom stereocenters. The summed E-state index contributed by atoms with van der Waals surface area (Å²) < 4.78 is 12.8. The van der Waals surface area contributed by atoms with Crippen molar-refractivity contribution in [2.24, 2.45) is 16.6 Å². The summed E-state index contributed by atoms with van der Waals surface area (Å²) in [6, 6.07) is 0. The summed E-state index contributed by atoms with van der Waals surface area (Å²) in [5.41, 5.74) is 11.8. The SMILES string of the molecule is CCOC1=Nn2nc(CCO)nc2C1(N)Nc1c(OCC)nn2[nH]c(CCN)nc12. The molecule has 0 saturated carbocycles. The number of anilines is 1. The van der Waals surface area contributed by atoms with E-state index in [0.29, 0.717) is 60.9 Å². The van der Waals surface area contributed by atoms with Crippen molar-refractivity contribution in [3.63, 3.8) is 0 Å². The molecule has 0 saturated heterocycles. The molecule has 0 amide bonds. The number of aliphatic hydroxyl groups is 1. The lowest BCUT2D eigenvalue weighted by Gasteiger charge is -2.25. The van der Waals surface area contributed by atoms with Crippen LogP contribution in [0.1, 0.15) is 31.3 Å². The fourth-order valence-electron chi connectivity index (χ4n) is 3.16. The number of aromatic amines is 1. The molecule has 30 heavy (non-hydrogen) atoms. The highest BCUT2D eigenvalue weighted by molar-refractivity contribution is 5.92. The zero-order valence-electron chi connectivity index (χ0n) is 16.8. The summed E-state index contributed by atoms with van der Waals surface area (Å²) in [6.45, 7) is 4.77. The van der Waals surface area contributed by atoms with E-state index < -0.39 is 5.66 Å². The molecule has 0 spiro atoms. The van der Waals surface area contributed by atoms with Gasteiger partial charge in [0.25, 0.3) is 11.8 Å². The summed E-state index contributed by atoms with van der Waals surface area (Å²) >= 11 is 0. The molecule has 4 heterocycles. The molecule has 0 bridgehead atoms. The summed E-state index contributed by atoms with van der Waals surface area (Å²) in [7, 11) is 0. The molecule has 4 rings (SSSR count). The van der Waals surface area contributed by atoms with Gasteiger partial charge in [0, 0.05) is 12.8 Å². The summed E-state index contributed by atoms with van der Waals surface area (Å²) in [5, 5.41) is 28.5. The Kier molecular flexibility index (Phi) is 5.27. The number of hydrogen-bond donors (Lipinski definition) is 5. The van der Waals surface area contributed by atoms with E-state index in [1.165, 1.54) is 9.42 Å². The van der Waals surface area contributed by atoms with E-state index in [1.807, 2.05) is 13.8 Å². The van der Waals surface area contributed by atoms with Crippen LogP contribution in [0.4, 0.5) is 5.69 Å². The summed E-state index contributed by atoms with van der Waals surface area (Å²) in [6.07, 6.45) is 0.838. The van der Waals surface area contributed by atoms with E-state index >= 15 is 0 Å². The van der Waals surface area contributed by atoms with Crippen LogP contribution >= 0.6 is 0 Å². The van der Waals surface area contributed by atoms with Crippen molar-refractivity contribution < 1.29 is 14.6 Å². The lowest BCUT2D eigenvalue weighted by molar-refractivity contribution is 0.294. The van der Waals surface area contributed by atoms with Gasteiger partial charge in [-0.1, -0.05) is 0 Å². The van der Waals surface area contributed by atoms with E-state index in [0.717, 1.165) is 0 Å². The molecule has 0 fully saturated rings. The Morgan fingerprint density at radius 3 is 2.67 bits per heavy atom. The Morgan fingerprint density at radius 2 is 1.97 bits per heavy atom. The van der Waals surface area contributed by atoms with Gasteiger partial charge < -0.3 is 25.6 Å². The monoisotopic (exact) mass is 419 g/mol. The van der Waals surface area contributed by atoms with Crippen molar-refractivity contribution in [1.82, 2.24) is 34.7 Å². The van der Waals surface area contributed by atoms with E-state index in [9.17, 15) is 5.11 Å². The molecule has 7 N–H and O–H groups in total. The van der Waals surface area contributed by atoms with Gasteiger partial charge >= 0.3 is 0 Å². The standard InChI is InChI=1S/C16H25N11O3/c1-3-29-13-11(12-19-9(5-7-17)22-26(12)24-13)21-16(18)14-20-10(6-8-28)23-27(14)25-15(16)30-4-2/h21,28H,3-8,17-18H2,1-2H3,(H,19,22). The molecule has 14 nitrogen and oxygen atoms in total. The van der Waals surface area contributed by atoms with Gasteiger partial charge in [-0.3, -0.25) is 10.8 Å². The highest BCUT2D eigenvalue weighted by atomic mass is 16.5. The Balaban J connectivity index is 1.78. The van der Waals surface area contributed by atoms with Crippen molar-refractivity contribution in [3.05, 3.63) is 17.5 Å². The molecule has 0 aliphatic carbocycles. The zero-order chi connectivity index (χ0) is 21.3. The molecule has 162 valence electrons. The molecule has 3 aromatic rings. The second-order valence-electron chi connectivity index (χ2n) is 6.54. The number of nitrogens with one attached hydrogen (secondary N) is 2. The minimum Gasteiger partial charge on any atom is -0.477 e. The Morgan fingerprint density at radius 1 is 1.17 bits per heavy atom. The van der Waals surface area contributed by atoms with Crippen molar-refractivity contribution in [2.45, 2.75) is 32.4 Å². The molecular formula is C16H25N11O3. The second kappa shape index (κ2) is 7.89. The van der Waals surface area contributed by atoms with Gasteiger partial charge in [0.05, 0.1) is 19.8 Å². The molecule has 0 aromatic carbocycles. The molecule has 0 radical (unpaired) electrons. The van der Waals surface area contributed by atoms with Crippen LogP contribution in [0.2, 0.25) is 0 Å². The van der Waals surface area contributed by atoms with E-state index in [2.05, 4.69) is 35.7 Å². The number of ether oxygens (including phenoxy) is 2. The first kappa shape index (κ1) is 20.1. The maximum atomic E-state index is 9.20.